The van der Waals surface area contributed by atoms with E-state index in [1.165, 1.54) is 32.6 Å². The van der Waals surface area contributed by atoms with E-state index in [-0.39, 0.29) is 0 Å². The van der Waals surface area contributed by atoms with Gasteiger partial charge in [-0.2, -0.15) is 0 Å². The van der Waals surface area contributed by atoms with Crippen molar-refractivity contribution in [1.82, 2.24) is 14.0 Å². The van der Waals surface area contributed by atoms with Crippen molar-refractivity contribution < 1.29 is 4.42 Å². The van der Waals surface area contributed by atoms with Crippen molar-refractivity contribution in [2.45, 2.75) is 0 Å². The fourth-order valence-corrected chi connectivity index (χ4v) is 6.90. The molecule has 0 aliphatic rings. The first kappa shape index (κ1) is 21.2. The third kappa shape index (κ3) is 2.71. The number of furan rings is 1. The highest BCUT2D eigenvalue weighted by Crippen LogP contribution is 2.40. The second-order valence-electron chi connectivity index (χ2n) is 10.8. The smallest absolute Gasteiger partial charge is 0.146 e. The highest BCUT2D eigenvalue weighted by Gasteiger charge is 2.19. The van der Waals surface area contributed by atoms with Gasteiger partial charge in [0.2, 0.25) is 0 Å². The van der Waals surface area contributed by atoms with E-state index in [0.29, 0.717) is 0 Å². The average molecular weight is 524 g/mol. The third-order valence-corrected chi connectivity index (χ3v) is 8.67. The molecule has 0 saturated heterocycles. The van der Waals surface area contributed by atoms with Crippen molar-refractivity contribution in [2.75, 3.05) is 0 Å². The molecule has 10 rings (SSSR count). The predicted molar refractivity (Wildman–Crippen MR) is 169 cm³/mol. The lowest BCUT2D eigenvalue weighted by Crippen LogP contribution is -1.95. The minimum atomic E-state index is 0.902. The number of fused-ring (bicyclic) bond motifs is 14. The Balaban J connectivity index is 1.41. The lowest BCUT2D eigenvalue weighted by Gasteiger charge is -2.12. The minimum Gasteiger partial charge on any atom is -0.456 e. The first-order chi connectivity index (χ1) is 20.3. The summed E-state index contributed by atoms with van der Waals surface area (Å²) < 4.78 is 10.9. The van der Waals surface area contributed by atoms with Crippen LogP contribution in [-0.2, 0) is 0 Å². The summed E-state index contributed by atoms with van der Waals surface area (Å²) in [4.78, 5) is 5.10. The molecule has 0 saturated carbocycles. The number of pyridine rings is 1. The van der Waals surface area contributed by atoms with Gasteiger partial charge >= 0.3 is 0 Å². The zero-order chi connectivity index (χ0) is 26.7. The first-order valence-electron chi connectivity index (χ1n) is 13.9. The number of hydrogen-bond acceptors (Lipinski definition) is 2. The fourth-order valence-electron chi connectivity index (χ4n) is 6.90. The molecule has 0 bridgehead atoms. The van der Waals surface area contributed by atoms with Crippen LogP contribution in [0.25, 0.3) is 87.8 Å². The van der Waals surface area contributed by atoms with Gasteiger partial charge in [0.15, 0.2) is 0 Å². The van der Waals surface area contributed by atoms with E-state index in [0.717, 1.165) is 55.2 Å². The highest BCUT2D eigenvalue weighted by atomic mass is 16.3. The van der Waals surface area contributed by atoms with Crippen molar-refractivity contribution in [2.24, 2.45) is 0 Å². The van der Waals surface area contributed by atoms with E-state index in [1.54, 1.807) is 0 Å². The van der Waals surface area contributed by atoms with Gasteiger partial charge in [-0.15, -0.1) is 0 Å². The molecule has 0 spiro atoms. The van der Waals surface area contributed by atoms with E-state index in [4.69, 9.17) is 9.40 Å². The standard InChI is InChI=1S/C37H21N3O/c1-2-12-26-23(9-1)27-20-28-24-10-3-6-14-31(24)39(22-17-18-36-29(19-22)25-11-4-8-16-35(25)41-36)33(28)21-34(27)40-32-15-7-5-13-30(32)38-37(26)40/h1-21H. The van der Waals surface area contributed by atoms with Crippen molar-refractivity contribution in [3.8, 4) is 5.69 Å². The summed E-state index contributed by atoms with van der Waals surface area (Å²) in [7, 11) is 0. The van der Waals surface area contributed by atoms with Crippen molar-refractivity contribution in [3.63, 3.8) is 0 Å². The van der Waals surface area contributed by atoms with Gasteiger partial charge in [-0.3, -0.25) is 4.40 Å². The SMILES string of the molecule is c1ccc2c(c1)nc1c3ccccc3c3cc4c5ccccc5n(-c5ccc6oc7ccccc7c6c5)c4cc3n21. The third-order valence-electron chi connectivity index (χ3n) is 8.67. The number of hydrogen-bond donors (Lipinski definition) is 0. The minimum absolute atomic E-state index is 0.902. The molecular formula is C37H21N3O. The second-order valence-corrected chi connectivity index (χ2v) is 10.8. The molecule has 10 aromatic rings. The molecule has 4 nitrogen and oxygen atoms in total. The van der Waals surface area contributed by atoms with Gasteiger partial charge in [0.25, 0.3) is 0 Å². The Morgan fingerprint density at radius 3 is 2.02 bits per heavy atom. The number of nitrogens with zero attached hydrogens (tertiary/aromatic N) is 3. The molecule has 4 heteroatoms. The first-order valence-corrected chi connectivity index (χ1v) is 13.9. The molecular weight excluding hydrogens is 502 g/mol. The maximum Gasteiger partial charge on any atom is 0.146 e. The number of benzene rings is 6. The Morgan fingerprint density at radius 1 is 0.439 bits per heavy atom. The van der Waals surface area contributed by atoms with Crippen LogP contribution in [0.2, 0.25) is 0 Å². The monoisotopic (exact) mass is 523 g/mol. The van der Waals surface area contributed by atoms with Gasteiger partial charge < -0.3 is 8.98 Å². The molecule has 41 heavy (non-hydrogen) atoms. The van der Waals surface area contributed by atoms with Gasteiger partial charge in [0.05, 0.1) is 27.6 Å². The van der Waals surface area contributed by atoms with Crippen LogP contribution < -0.4 is 0 Å². The van der Waals surface area contributed by atoms with Crippen molar-refractivity contribution >= 4 is 82.1 Å². The van der Waals surface area contributed by atoms with Crippen LogP contribution in [0.3, 0.4) is 0 Å². The summed E-state index contributed by atoms with van der Waals surface area (Å²) in [5.41, 5.74) is 9.53. The number of aromatic nitrogens is 3. The van der Waals surface area contributed by atoms with Crippen LogP contribution in [0.4, 0.5) is 0 Å². The largest absolute Gasteiger partial charge is 0.456 e. The van der Waals surface area contributed by atoms with Gasteiger partial charge in [-0.25, -0.2) is 4.98 Å². The van der Waals surface area contributed by atoms with Crippen molar-refractivity contribution in [3.05, 3.63) is 127 Å². The molecule has 0 unspecified atom stereocenters. The van der Waals surface area contributed by atoms with E-state index in [2.05, 4.69) is 124 Å². The van der Waals surface area contributed by atoms with Gasteiger partial charge in [0, 0.05) is 38.0 Å². The quantitative estimate of drug-likeness (QED) is 0.201. The molecule has 0 aliphatic carbocycles. The molecule has 0 aliphatic heterocycles. The van der Waals surface area contributed by atoms with Gasteiger partial charge in [-0.05, 0) is 60.0 Å². The Hall–Kier alpha value is -5.61. The molecule has 190 valence electrons. The second kappa shape index (κ2) is 7.52. The summed E-state index contributed by atoms with van der Waals surface area (Å²) in [6.45, 7) is 0. The molecule has 4 heterocycles. The zero-order valence-electron chi connectivity index (χ0n) is 21.9. The van der Waals surface area contributed by atoms with E-state index in [1.807, 2.05) is 12.1 Å². The molecule has 4 aromatic heterocycles. The van der Waals surface area contributed by atoms with Gasteiger partial charge in [0.1, 0.15) is 16.8 Å². The molecule has 0 atom stereocenters. The van der Waals surface area contributed by atoms with E-state index >= 15 is 0 Å². The van der Waals surface area contributed by atoms with E-state index < -0.39 is 0 Å². The summed E-state index contributed by atoms with van der Waals surface area (Å²) in [6.07, 6.45) is 0. The maximum atomic E-state index is 6.16. The van der Waals surface area contributed by atoms with Crippen LogP contribution in [0.1, 0.15) is 0 Å². The van der Waals surface area contributed by atoms with Crippen LogP contribution in [-0.4, -0.2) is 14.0 Å². The number of para-hydroxylation sites is 4. The fraction of sp³-hybridized carbons (Fsp3) is 0. The summed E-state index contributed by atoms with van der Waals surface area (Å²) in [5, 5.41) is 8.34. The Morgan fingerprint density at radius 2 is 1.12 bits per heavy atom. The highest BCUT2D eigenvalue weighted by molar-refractivity contribution is 6.20. The maximum absolute atomic E-state index is 6.16. The number of imidazole rings is 1. The van der Waals surface area contributed by atoms with Crippen LogP contribution >= 0.6 is 0 Å². The lowest BCUT2D eigenvalue weighted by atomic mass is 10.0. The Bertz CT molecular complexity index is 2700. The molecule has 0 radical (unpaired) electrons. The normalized spacial score (nSPS) is 12.4. The summed E-state index contributed by atoms with van der Waals surface area (Å²) in [5.74, 6) is 0. The van der Waals surface area contributed by atoms with E-state index in [9.17, 15) is 0 Å². The average Bonchev–Trinajstić information content (AvgIpc) is 3.70. The van der Waals surface area contributed by atoms with Crippen molar-refractivity contribution in [1.29, 1.82) is 0 Å². The molecule has 6 aromatic carbocycles. The molecule has 0 amide bonds. The molecule has 0 fully saturated rings. The topological polar surface area (TPSA) is 35.4 Å². The Labute approximate surface area is 233 Å². The lowest BCUT2D eigenvalue weighted by molar-refractivity contribution is 0.669. The predicted octanol–water partition coefficient (Wildman–Crippen LogP) is 9.79. The summed E-state index contributed by atoms with van der Waals surface area (Å²) >= 11 is 0. The van der Waals surface area contributed by atoms with Gasteiger partial charge in [-0.1, -0.05) is 72.8 Å². The number of rotatable bonds is 1. The Kier molecular flexibility index (Phi) is 3.90. The van der Waals surface area contributed by atoms with Crippen LogP contribution in [0.5, 0.6) is 0 Å². The molecule has 0 N–H and O–H groups in total. The summed E-state index contributed by atoms with van der Waals surface area (Å²) in [6, 6.07) is 45.3. The van der Waals surface area contributed by atoms with Crippen LogP contribution in [0.15, 0.2) is 132 Å². The van der Waals surface area contributed by atoms with Crippen LogP contribution in [0, 0.1) is 0 Å². The zero-order valence-corrected chi connectivity index (χ0v) is 21.9.